The fourth-order valence-corrected chi connectivity index (χ4v) is 2.63. The molecule has 0 aliphatic carbocycles. The average molecular weight is 360 g/mol. The molecule has 0 aliphatic rings. The molecule has 3 rings (SSSR count). The zero-order chi connectivity index (χ0) is 19.1. The number of amides is 2. The summed E-state index contributed by atoms with van der Waals surface area (Å²) in [4.78, 5) is 25.0. The highest BCUT2D eigenvalue weighted by Crippen LogP contribution is 2.17. The first-order valence-electron chi connectivity index (χ1n) is 8.54. The van der Waals surface area contributed by atoms with Gasteiger partial charge in [0.15, 0.2) is 0 Å². The quantitative estimate of drug-likeness (QED) is 0.701. The third kappa shape index (κ3) is 4.73. The van der Waals surface area contributed by atoms with Gasteiger partial charge in [0.1, 0.15) is 5.75 Å². The molecule has 0 unspecified atom stereocenters. The summed E-state index contributed by atoms with van der Waals surface area (Å²) in [6.45, 7) is 0.358. The number of carbonyl (C=O) groups is 2. The molecule has 3 aromatic rings. The highest BCUT2D eigenvalue weighted by Gasteiger charge is 2.13. The summed E-state index contributed by atoms with van der Waals surface area (Å²) in [5.41, 5.74) is 2.33. The second-order valence-corrected chi connectivity index (χ2v) is 5.90. The van der Waals surface area contributed by atoms with Crippen molar-refractivity contribution in [1.82, 2.24) is 5.32 Å². The van der Waals surface area contributed by atoms with E-state index < -0.39 is 0 Å². The van der Waals surface area contributed by atoms with Crippen molar-refractivity contribution in [3.8, 4) is 5.75 Å². The molecular formula is C22H20N2O3. The molecular weight excluding hydrogens is 340 g/mol. The molecule has 5 nitrogen and oxygen atoms in total. The maximum atomic E-state index is 12.6. The van der Waals surface area contributed by atoms with Gasteiger partial charge >= 0.3 is 0 Å². The number of rotatable bonds is 6. The number of para-hydroxylation sites is 1. The van der Waals surface area contributed by atoms with Gasteiger partial charge in [0.25, 0.3) is 11.8 Å². The maximum absolute atomic E-state index is 12.6. The van der Waals surface area contributed by atoms with E-state index in [0.717, 1.165) is 11.3 Å². The third-order valence-corrected chi connectivity index (χ3v) is 4.04. The molecule has 27 heavy (non-hydrogen) atoms. The van der Waals surface area contributed by atoms with Gasteiger partial charge in [-0.2, -0.15) is 0 Å². The van der Waals surface area contributed by atoms with Crippen LogP contribution in [0.1, 0.15) is 26.3 Å². The van der Waals surface area contributed by atoms with Gasteiger partial charge in [-0.15, -0.1) is 0 Å². The summed E-state index contributed by atoms with van der Waals surface area (Å²) < 4.78 is 5.19. The zero-order valence-corrected chi connectivity index (χ0v) is 14.9. The van der Waals surface area contributed by atoms with E-state index in [4.69, 9.17) is 4.74 Å². The van der Waals surface area contributed by atoms with Crippen molar-refractivity contribution >= 4 is 17.5 Å². The van der Waals surface area contributed by atoms with E-state index in [0.29, 0.717) is 23.4 Å². The van der Waals surface area contributed by atoms with Gasteiger partial charge in [0, 0.05) is 12.1 Å². The van der Waals surface area contributed by atoms with Crippen LogP contribution in [0.5, 0.6) is 5.75 Å². The largest absolute Gasteiger partial charge is 0.497 e. The molecule has 2 N–H and O–H groups in total. The van der Waals surface area contributed by atoms with E-state index in [9.17, 15) is 9.59 Å². The molecule has 3 aromatic carbocycles. The third-order valence-electron chi connectivity index (χ3n) is 4.04. The lowest BCUT2D eigenvalue weighted by Crippen LogP contribution is -2.24. The first-order valence-corrected chi connectivity index (χ1v) is 8.54. The second-order valence-electron chi connectivity index (χ2n) is 5.90. The molecule has 0 aliphatic heterocycles. The molecule has 5 heteroatoms. The Hall–Kier alpha value is -3.60. The number of carbonyl (C=O) groups excluding carboxylic acids is 2. The van der Waals surface area contributed by atoms with Crippen LogP contribution in [0.15, 0.2) is 78.9 Å². The number of hydrogen-bond donors (Lipinski definition) is 2. The lowest BCUT2D eigenvalue weighted by atomic mass is 10.1. The Balaban J connectivity index is 1.71. The van der Waals surface area contributed by atoms with Crippen LogP contribution in [0.25, 0.3) is 0 Å². The van der Waals surface area contributed by atoms with Crippen molar-refractivity contribution in [2.24, 2.45) is 0 Å². The predicted octanol–water partition coefficient (Wildman–Crippen LogP) is 3.88. The molecule has 0 atom stereocenters. The molecule has 2 amide bonds. The normalized spacial score (nSPS) is 10.1. The van der Waals surface area contributed by atoms with Crippen LogP contribution in [0.4, 0.5) is 5.69 Å². The number of methoxy groups -OCH3 is 1. The van der Waals surface area contributed by atoms with Crippen LogP contribution in [-0.2, 0) is 6.54 Å². The van der Waals surface area contributed by atoms with E-state index in [-0.39, 0.29) is 11.8 Å². The molecule has 0 heterocycles. The molecule has 0 saturated heterocycles. The maximum Gasteiger partial charge on any atom is 0.255 e. The van der Waals surface area contributed by atoms with E-state index in [1.807, 2.05) is 30.3 Å². The SMILES string of the molecule is COc1cccc(CNC(=O)c2ccccc2NC(=O)c2ccccc2)c1. The monoisotopic (exact) mass is 360 g/mol. The van der Waals surface area contributed by atoms with Crippen LogP contribution >= 0.6 is 0 Å². The van der Waals surface area contributed by atoms with Crippen molar-refractivity contribution in [3.63, 3.8) is 0 Å². The summed E-state index contributed by atoms with van der Waals surface area (Å²) in [6, 6.07) is 23.3. The minimum Gasteiger partial charge on any atom is -0.497 e. The van der Waals surface area contributed by atoms with Crippen LogP contribution < -0.4 is 15.4 Å². The molecule has 136 valence electrons. The Bertz CT molecular complexity index is 939. The summed E-state index contributed by atoms with van der Waals surface area (Å²) in [6.07, 6.45) is 0. The van der Waals surface area contributed by atoms with Gasteiger partial charge in [-0.3, -0.25) is 9.59 Å². The van der Waals surface area contributed by atoms with Crippen molar-refractivity contribution in [2.75, 3.05) is 12.4 Å². The van der Waals surface area contributed by atoms with E-state index in [2.05, 4.69) is 10.6 Å². The number of ether oxygens (including phenoxy) is 1. The van der Waals surface area contributed by atoms with Gasteiger partial charge in [0.2, 0.25) is 0 Å². The Labute approximate surface area is 158 Å². The first-order chi connectivity index (χ1) is 13.2. The van der Waals surface area contributed by atoms with Crippen molar-refractivity contribution in [2.45, 2.75) is 6.54 Å². The van der Waals surface area contributed by atoms with Crippen molar-refractivity contribution in [3.05, 3.63) is 95.6 Å². The fraction of sp³-hybridized carbons (Fsp3) is 0.0909. The van der Waals surface area contributed by atoms with Gasteiger partial charge in [-0.25, -0.2) is 0 Å². The number of nitrogens with one attached hydrogen (secondary N) is 2. The fourth-order valence-electron chi connectivity index (χ4n) is 2.63. The van der Waals surface area contributed by atoms with Gasteiger partial charge in [-0.05, 0) is 42.0 Å². The predicted molar refractivity (Wildman–Crippen MR) is 105 cm³/mol. The Morgan fingerprint density at radius 1 is 0.852 bits per heavy atom. The lowest BCUT2D eigenvalue weighted by molar-refractivity contribution is 0.0951. The average Bonchev–Trinajstić information content (AvgIpc) is 2.73. The number of benzene rings is 3. The molecule has 0 bridgehead atoms. The topological polar surface area (TPSA) is 67.4 Å². The second kappa shape index (κ2) is 8.67. The molecule has 0 fully saturated rings. The standard InChI is InChI=1S/C22H20N2O3/c1-27-18-11-7-8-16(14-18)15-23-22(26)19-12-5-6-13-20(19)24-21(25)17-9-3-2-4-10-17/h2-14H,15H2,1H3,(H,23,26)(H,24,25). The lowest BCUT2D eigenvalue weighted by Gasteiger charge is -2.12. The van der Waals surface area contributed by atoms with Gasteiger partial charge < -0.3 is 15.4 Å². The summed E-state index contributed by atoms with van der Waals surface area (Å²) in [5.74, 6) is 0.211. The van der Waals surface area contributed by atoms with E-state index in [1.54, 1.807) is 55.6 Å². The van der Waals surface area contributed by atoms with Crippen LogP contribution in [0, 0.1) is 0 Å². The smallest absolute Gasteiger partial charge is 0.255 e. The van der Waals surface area contributed by atoms with Gasteiger partial charge in [0.05, 0.1) is 18.4 Å². The summed E-state index contributed by atoms with van der Waals surface area (Å²) in [7, 11) is 1.60. The minimum absolute atomic E-state index is 0.261. The van der Waals surface area contributed by atoms with Crippen LogP contribution in [0.2, 0.25) is 0 Å². The zero-order valence-electron chi connectivity index (χ0n) is 14.9. The molecule has 0 saturated carbocycles. The highest BCUT2D eigenvalue weighted by molar-refractivity contribution is 6.08. The van der Waals surface area contributed by atoms with Crippen LogP contribution in [0.3, 0.4) is 0 Å². The summed E-state index contributed by atoms with van der Waals surface area (Å²) >= 11 is 0. The van der Waals surface area contributed by atoms with E-state index in [1.165, 1.54) is 0 Å². The Morgan fingerprint density at radius 3 is 2.37 bits per heavy atom. The number of hydrogen-bond acceptors (Lipinski definition) is 3. The Morgan fingerprint density at radius 2 is 1.59 bits per heavy atom. The molecule has 0 aromatic heterocycles. The molecule has 0 spiro atoms. The Kier molecular flexibility index (Phi) is 5.84. The van der Waals surface area contributed by atoms with Crippen molar-refractivity contribution in [1.29, 1.82) is 0 Å². The van der Waals surface area contributed by atoms with Crippen molar-refractivity contribution < 1.29 is 14.3 Å². The molecule has 0 radical (unpaired) electrons. The van der Waals surface area contributed by atoms with Gasteiger partial charge in [-0.1, -0.05) is 42.5 Å². The number of anilines is 1. The highest BCUT2D eigenvalue weighted by atomic mass is 16.5. The first kappa shape index (κ1) is 18.2. The van der Waals surface area contributed by atoms with E-state index >= 15 is 0 Å². The minimum atomic E-state index is -0.262. The van der Waals surface area contributed by atoms with Crippen LogP contribution in [-0.4, -0.2) is 18.9 Å². The summed E-state index contributed by atoms with van der Waals surface area (Å²) in [5, 5.41) is 5.68.